The van der Waals surface area contributed by atoms with Crippen LogP contribution >= 0.6 is 11.8 Å². The number of rotatable bonds is 5. The number of thioether (sulfide) groups is 1. The van der Waals surface area contributed by atoms with Gasteiger partial charge in [0.1, 0.15) is 0 Å². The zero-order chi connectivity index (χ0) is 14.5. The molecule has 2 saturated heterocycles. The highest BCUT2D eigenvalue weighted by atomic mass is 32.2. The fourth-order valence-electron chi connectivity index (χ4n) is 3.51. The first-order valence-corrected chi connectivity index (χ1v) is 9.22. The van der Waals surface area contributed by atoms with E-state index in [1.165, 1.54) is 31.8 Å². The first kappa shape index (κ1) is 16.1. The van der Waals surface area contributed by atoms with E-state index < -0.39 is 0 Å². The molecular weight excluding hydrogens is 270 g/mol. The lowest BCUT2D eigenvalue weighted by Crippen LogP contribution is -2.53. The van der Waals surface area contributed by atoms with Gasteiger partial charge in [-0.05, 0) is 30.9 Å². The molecule has 2 aliphatic heterocycles. The van der Waals surface area contributed by atoms with Crippen molar-refractivity contribution in [3.8, 4) is 0 Å². The summed E-state index contributed by atoms with van der Waals surface area (Å²) in [5, 5.41) is 0. The lowest BCUT2D eigenvalue weighted by Gasteiger charge is -2.39. The van der Waals surface area contributed by atoms with Crippen molar-refractivity contribution in [2.75, 3.05) is 57.8 Å². The van der Waals surface area contributed by atoms with Crippen LogP contribution in [0.2, 0.25) is 0 Å². The predicted molar refractivity (Wildman–Crippen MR) is 86.2 cm³/mol. The molecule has 0 spiro atoms. The third-order valence-corrected chi connectivity index (χ3v) is 5.40. The second-order valence-corrected chi connectivity index (χ2v) is 7.18. The highest BCUT2D eigenvalue weighted by molar-refractivity contribution is 7.98. The van der Waals surface area contributed by atoms with Crippen molar-refractivity contribution in [1.82, 2.24) is 14.7 Å². The first-order chi connectivity index (χ1) is 9.61. The smallest absolute Gasteiger partial charge is 0.219 e. The number of hydrogen-bond donors (Lipinski definition) is 0. The maximum absolute atomic E-state index is 11.4. The number of hydrogen-bond acceptors (Lipinski definition) is 4. The SMILES string of the molecule is CSCCCN1CC(C)C(N2CCN(C(C)=O)CC2)C1. The van der Waals surface area contributed by atoms with E-state index >= 15 is 0 Å². The average molecular weight is 299 g/mol. The number of carbonyl (C=O) groups excluding carboxylic acids is 1. The minimum absolute atomic E-state index is 0.225. The standard InChI is InChI=1S/C15H29N3OS/c1-13-11-16(5-4-10-20-3)12-15(13)18-8-6-17(7-9-18)14(2)19/h13,15H,4-12H2,1-3H3. The quantitative estimate of drug-likeness (QED) is 0.713. The van der Waals surface area contributed by atoms with Crippen molar-refractivity contribution in [2.45, 2.75) is 26.3 Å². The lowest BCUT2D eigenvalue weighted by molar-refractivity contribution is -0.130. The van der Waals surface area contributed by atoms with Crippen molar-refractivity contribution in [1.29, 1.82) is 0 Å². The van der Waals surface area contributed by atoms with Gasteiger partial charge in [-0.15, -0.1) is 0 Å². The van der Waals surface area contributed by atoms with Gasteiger partial charge in [0.15, 0.2) is 0 Å². The average Bonchev–Trinajstić information content (AvgIpc) is 2.80. The molecule has 2 aliphatic rings. The van der Waals surface area contributed by atoms with Gasteiger partial charge in [0.05, 0.1) is 0 Å². The van der Waals surface area contributed by atoms with Crippen LogP contribution in [0, 0.1) is 5.92 Å². The van der Waals surface area contributed by atoms with Gasteiger partial charge in [0.25, 0.3) is 0 Å². The Morgan fingerprint density at radius 1 is 1.20 bits per heavy atom. The number of piperazine rings is 1. The van der Waals surface area contributed by atoms with Crippen molar-refractivity contribution in [3.63, 3.8) is 0 Å². The number of nitrogens with zero attached hydrogens (tertiary/aromatic N) is 3. The molecule has 0 saturated carbocycles. The van der Waals surface area contributed by atoms with E-state index in [0.29, 0.717) is 6.04 Å². The molecule has 0 radical (unpaired) electrons. The molecule has 20 heavy (non-hydrogen) atoms. The predicted octanol–water partition coefficient (Wildman–Crippen LogP) is 1.22. The number of carbonyl (C=O) groups is 1. The van der Waals surface area contributed by atoms with E-state index in [2.05, 4.69) is 23.0 Å². The molecule has 0 aromatic heterocycles. The van der Waals surface area contributed by atoms with Crippen LogP contribution in [0.4, 0.5) is 0 Å². The molecule has 0 aliphatic carbocycles. The summed E-state index contributed by atoms with van der Waals surface area (Å²) in [5.41, 5.74) is 0. The van der Waals surface area contributed by atoms with E-state index in [9.17, 15) is 4.79 Å². The minimum atomic E-state index is 0.225. The van der Waals surface area contributed by atoms with Crippen LogP contribution in [0.1, 0.15) is 20.3 Å². The first-order valence-electron chi connectivity index (χ1n) is 7.82. The Morgan fingerprint density at radius 3 is 2.50 bits per heavy atom. The van der Waals surface area contributed by atoms with Crippen LogP contribution in [0.15, 0.2) is 0 Å². The maximum Gasteiger partial charge on any atom is 0.219 e. The molecular formula is C15H29N3OS. The molecule has 116 valence electrons. The second kappa shape index (κ2) is 7.66. The van der Waals surface area contributed by atoms with Gasteiger partial charge >= 0.3 is 0 Å². The van der Waals surface area contributed by atoms with Gasteiger partial charge < -0.3 is 9.80 Å². The van der Waals surface area contributed by atoms with Gasteiger partial charge in [-0.2, -0.15) is 11.8 Å². The third-order valence-electron chi connectivity index (χ3n) is 4.70. The highest BCUT2D eigenvalue weighted by Gasteiger charge is 2.35. The largest absolute Gasteiger partial charge is 0.340 e. The Morgan fingerprint density at radius 2 is 1.90 bits per heavy atom. The number of likely N-dealkylation sites (tertiary alicyclic amines) is 1. The molecule has 4 nitrogen and oxygen atoms in total. The zero-order valence-corrected chi connectivity index (χ0v) is 14.0. The topological polar surface area (TPSA) is 26.8 Å². The summed E-state index contributed by atoms with van der Waals surface area (Å²) >= 11 is 1.94. The summed E-state index contributed by atoms with van der Waals surface area (Å²) < 4.78 is 0. The summed E-state index contributed by atoms with van der Waals surface area (Å²) in [6.45, 7) is 11.7. The van der Waals surface area contributed by atoms with Gasteiger partial charge in [-0.25, -0.2) is 0 Å². The molecule has 0 aromatic carbocycles. The Kier molecular flexibility index (Phi) is 6.18. The monoisotopic (exact) mass is 299 g/mol. The minimum Gasteiger partial charge on any atom is -0.340 e. The summed E-state index contributed by atoms with van der Waals surface area (Å²) in [4.78, 5) is 18.6. The van der Waals surface area contributed by atoms with E-state index in [1.54, 1.807) is 6.92 Å². The zero-order valence-electron chi connectivity index (χ0n) is 13.2. The Labute approximate surface area is 127 Å². The van der Waals surface area contributed by atoms with Gasteiger partial charge in [0.2, 0.25) is 5.91 Å². The van der Waals surface area contributed by atoms with E-state index in [0.717, 1.165) is 32.1 Å². The highest BCUT2D eigenvalue weighted by Crippen LogP contribution is 2.23. The molecule has 2 fully saturated rings. The Bertz CT molecular complexity index is 318. The Hall–Kier alpha value is -0.260. The van der Waals surface area contributed by atoms with Crippen LogP contribution < -0.4 is 0 Å². The van der Waals surface area contributed by atoms with Crippen LogP contribution in [-0.4, -0.2) is 84.5 Å². The molecule has 0 bridgehead atoms. The van der Waals surface area contributed by atoms with Crippen LogP contribution in [0.3, 0.4) is 0 Å². The fraction of sp³-hybridized carbons (Fsp3) is 0.933. The van der Waals surface area contributed by atoms with Gasteiger partial charge in [0, 0.05) is 52.2 Å². The molecule has 5 heteroatoms. The summed E-state index contributed by atoms with van der Waals surface area (Å²) in [6, 6.07) is 0.693. The Balaban J connectivity index is 1.77. The normalized spacial score (nSPS) is 29.1. The third kappa shape index (κ3) is 4.12. The van der Waals surface area contributed by atoms with Crippen molar-refractivity contribution in [3.05, 3.63) is 0 Å². The van der Waals surface area contributed by atoms with Crippen LogP contribution in [0.25, 0.3) is 0 Å². The molecule has 2 atom stereocenters. The van der Waals surface area contributed by atoms with Crippen molar-refractivity contribution < 1.29 is 4.79 Å². The van der Waals surface area contributed by atoms with Gasteiger partial charge in [-0.1, -0.05) is 6.92 Å². The second-order valence-electron chi connectivity index (χ2n) is 6.19. The number of amides is 1. The molecule has 2 rings (SSSR count). The molecule has 0 aromatic rings. The maximum atomic E-state index is 11.4. The van der Waals surface area contributed by atoms with Crippen LogP contribution in [0.5, 0.6) is 0 Å². The van der Waals surface area contributed by atoms with Crippen LogP contribution in [-0.2, 0) is 4.79 Å². The van der Waals surface area contributed by atoms with Gasteiger partial charge in [-0.3, -0.25) is 9.69 Å². The van der Waals surface area contributed by atoms with E-state index in [4.69, 9.17) is 0 Å². The summed E-state index contributed by atoms with van der Waals surface area (Å²) in [6.07, 6.45) is 3.49. The lowest BCUT2D eigenvalue weighted by atomic mass is 10.0. The molecule has 2 heterocycles. The van der Waals surface area contributed by atoms with E-state index in [1.807, 2.05) is 16.7 Å². The molecule has 0 N–H and O–H groups in total. The fourth-order valence-corrected chi connectivity index (χ4v) is 3.92. The van der Waals surface area contributed by atoms with Crippen molar-refractivity contribution >= 4 is 17.7 Å². The summed E-state index contributed by atoms with van der Waals surface area (Å²) in [7, 11) is 0. The molecule has 1 amide bonds. The van der Waals surface area contributed by atoms with E-state index in [-0.39, 0.29) is 5.91 Å². The summed E-state index contributed by atoms with van der Waals surface area (Å²) in [5.74, 6) is 2.25. The molecule has 2 unspecified atom stereocenters. The van der Waals surface area contributed by atoms with Crippen molar-refractivity contribution in [2.24, 2.45) is 5.92 Å².